The Hall–Kier alpha value is -2.35. The van der Waals surface area contributed by atoms with Gasteiger partial charge in [-0.3, -0.25) is 9.36 Å². The average molecular weight is 415 g/mol. The van der Waals surface area contributed by atoms with Gasteiger partial charge in [0.2, 0.25) is 0 Å². The highest BCUT2D eigenvalue weighted by atomic mass is 31.2. The van der Waals surface area contributed by atoms with Crippen LogP contribution in [0.1, 0.15) is 19.4 Å². The first-order chi connectivity index (χ1) is 13.3. The minimum absolute atomic E-state index is 0.182. The van der Waals surface area contributed by atoms with Gasteiger partial charge in [0, 0.05) is 13.2 Å². The molecule has 0 saturated carbocycles. The van der Waals surface area contributed by atoms with Crippen molar-refractivity contribution in [2.24, 2.45) is 0 Å². The Bertz CT molecular complexity index is 749. The zero-order valence-corrected chi connectivity index (χ0v) is 17.5. The maximum absolute atomic E-state index is 13.1. The molecule has 0 aliphatic carbocycles. The van der Waals surface area contributed by atoms with E-state index in [4.69, 9.17) is 18.7 Å². The van der Waals surface area contributed by atoms with E-state index in [9.17, 15) is 14.2 Å². The molecule has 156 valence electrons. The van der Waals surface area contributed by atoms with E-state index < -0.39 is 25.5 Å². The van der Waals surface area contributed by atoms with Gasteiger partial charge < -0.3 is 23.5 Å². The zero-order chi connectivity index (χ0) is 21.2. The first kappa shape index (κ1) is 23.7. The Morgan fingerprint density at radius 2 is 1.93 bits per heavy atom. The van der Waals surface area contributed by atoms with Crippen LogP contribution in [-0.4, -0.2) is 52.3 Å². The van der Waals surface area contributed by atoms with Crippen LogP contribution in [0, 0.1) is 0 Å². The van der Waals surface area contributed by atoms with Crippen LogP contribution < -0.4 is 14.3 Å². The summed E-state index contributed by atoms with van der Waals surface area (Å²) in [5.74, 6) is -0.589. The van der Waals surface area contributed by atoms with Crippen molar-refractivity contribution in [1.29, 1.82) is 0 Å². The molecule has 1 unspecified atom stereocenters. The molecule has 0 fully saturated rings. The van der Waals surface area contributed by atoms with Crippen molar-refractivity contribution < 1.29 is 37.6 Å². The fourth-order valence-corrected chi connectivity index (χ4v) is 3.81. The molecule has 0 heterocycles. The van der Waals surface area contributed by atoms with E-state index >= 15 is 0 Å². The zero-order valence-electron chi connectivity index (χ0n) is 16.6. The second-order valence-corrected chi connectivity index (χ2v) is 7.60. The third-order valence-corrected chi connectivity index (χ3v) is 5.25. The number of hydrogen-bond donors (Lipinski definition) is 1. The number of nitrogens with one attached hydrogen (secondary N) is 1. The second-order valence-electron chi connectivity index (χ2n) is 5.55. The van der Waals surface area contributed by atoms with Gasteiger partial charge in [-0.15, -0.1) is 0 Å². The van der Waals surface area contributed by atoms with E-state index in [1.165, 1.54) is 46.5 Å². The summed E-state index contributed by atoms with van der Waals surface area (Å²) in [5.41, 5.74) is 0.643. The molecular weight excluding hydrogens is 389 g/mol. The van der Waals surface area contributed by atoms with Gasteiger partial charge in [-0.1, -0.05) is 6.07 Å². The van der Waals surface area contributed by atoms with Crippen molar-refractivity contribution in [2.75, 3.05) is 34.3 Å². The molecule has 10 heteroatoms. The van der Waals surface area contributed by atoms with Gasteiger partial charge in [-0.05, 0) is 37.6 Å². The Morgan fingerprint density at radius 3 is 2.50 bits per heavy atom. The summed E-state index contributed by atoms with van der Waals surface area (Å²) < 4.78 is 38.5. The number of rotatable bonds is 11. The maximum Gasteiger partial charge on any atom is 0.342 e. The molecule has 1 aromatic carbocycles. The summed E-state index contributed by atoms with van der Waals surface area (Å²) in [7, 11) is 0.457. The van der Waals surface area contributed by atoms with Crippen LogP contribution in [0.3, 0.4) is 0 Å². The lowest BCUT2D eigenvalue weighted by molar-refractivity contribution is -0.144. The minimum atomic E-state index is -3.61. The van der Waals surface area contributed by atoms with E-state index in [2.05, 4.69) is 9.82 Å². The first-order valence-corrected chi connectivity index (χ1v) is 10.3. The largest absolute Gasteiger partial charge is 0.493 e. The molecule has 1 aromatic rings. The van der Waals surface area contributed by atoms with Crippen molar-refractivity contribution in [3.63, 3.8) is 0 Å². The SMILES string of the molecule is CCOC(=O)[C@H](C)NP(=O)(COC)Oc1ccc(/C=C/C(=O)OC)cc1OC. The number of carbonyl (C=O) groups is 2. The van der Waals surface area contributed by atoms with Crippen molar-refractivity contribution in [3.05, 3.63) is 29.8 Å². The molecule has 1 rings (SSSR count). The van der Waals surface area contributed by atoms with E-state index in [0.29, 0.717) is 5.56 Å². The van der Waals surface area contributed by atoms with Crippen LogP contribution >= 0.6 is 7.52 Å². The van der Waals surface area contributed by atoms with E-state index in [1.54, 1.807) is 19.1 Å². The molecule has 28 heavy (non-hydrogen) atoms. The van der Waals surface area contributed by atoms with E-state index in [1.807, 2.05) is 0 Å². The first-order valence-electron chi connectivity index (χ1n) is 8.44. The Morgan fingerprint density at radius 1 is 1.21 bits per heavy atom. The lowest BCUT2D eigenvalue weighted by Gasteiger charge is -2.23. The number of methoxy groups -OCH3 is 3. The third-order valence-electron chi connectivity index (χ3n) is 3.38. The Kier molecular flexibility index (Phi) is 9.72. The van der Waals surface area contributed by atoms with Gasteiger partial charge in [0.05, 0.1) is 20.8 Å². The van der Waals surface area contributed by atoms with Crippen LogP contribution in [0.15, 0.2) is 24.3 Å². The topological polar surface area (TPSA) is 109 Å². The van der Waals surface area contributed by atoms with Gasteiger partial charge in [0.25, 0.3) is 0 Å². The van der Waals surface area contributed by atoms with Crippen LogP contribution in [0.5, 0.6) is 11.5 Å². The number of ether oxygens (including phenoxy) is 4. The summed E-state index contributed by atoms with van der Waals surface area (Å²) in [6, 6.07) is 3.91. The van der Waals surface area contributed by atoms with Gasteiger partial charge in [-0.2, -0.15) is 0 Å². The quantitative estimate of drug-likeness (QED) is 0.331. The Labute approximate surface area is 164 Å². The lowest BCUT2D eigenvalue weighted by Crippen LogP contribution is -2.35. The van der Waals surface area contributed by atoms with Crippen molar-refractivity contribution in [3.8, 4) is 11.5 Å². The number of carbonyl (C=O) groups excluding carboxylic acids is 2. The molecule has 2 atom stereocenters. The van der Waals surface area contributed by atoms with Crippen molar-refractivity contribution in [1.82, 2.24) is 5.09 Å². The molecule has 0 spiro atoms. The highest BCUT2D eigenvalue weighted by molar-refractivity contribution is 7.57. The normalized spacial score (nSPS) is 14.2. The Balaban J connectivity index is 3.05. The molecule has 9 nitrogen and oxygen atoms in total. The highest BCUT2D eigenvalue weighted by Crippen LogP contribution is 2.46. The molecule has 0 radical (unpaired) electrons. The summed E-state index contributed by atoms with van der Waals surface area (Å²) >= 11 is 0. The van der Waals surface area contributed by atoms with Gasteiger partial charge >= 0.3 is 19.5 Å². The lowest BCUT2D eigenvalue weighted by atomic mass is 10.2. The molecule has 0 saturated heterocycles. The predicted molar refractivity (Wildman–Crippen MR) is 103 cm³/mol. The van der Waals surface area contributed by atoms with E-state index in [0.717, 1.165) is 0 Å². The van der Waals surface area contributed by atoms with Crippen LogP contribution in [0.4, 0.5) is 0 Å². The third kappa shape index (κ3) is 7.34. The van der Waals surface area contributed by atoms with Crippen LogP contribution in [0.2, 0.25) is 0 Å². The van der Waals surface area contributed by atoms with Gasteiger partial charge in [0.15, 0.2) is 11.5 Å². The molecular formula is C18H26NO8P. The monoisotopic (exact) mass is 415 g/mol. The molecule has 1 N–H and O–H groups in total. The smallest absolute Gasteiger partial charge is 0.342 e. The maximum atomic E-state index is 13.1. The summed E-state index contributed by atoms with van der Waals surface area (Å²) in [6.45, 7) is 3.40. The molecule has 0 aromatic heterocycles. The van der Waals surface area contributed by atoms with Crippen LogP contribution in [-0.2, 0) is 28.4 Å². The fraction of sp³-hybridized carbons (Fsp3) is 0.444. The molecule has 0 aliphatic rings. The number of hydrogen-bond acceptors (Lipinski definition) is 8. The van der Waals surface area contributed by atoms with Crippen LogP contribution in [0.25, 0.3) is 6.08 Å². The second kappa shape index (κ2) is 11.5. The highest BCUT2D eigenvalue weighted by Gasteiger charge is 2.31. The summed E-state index contributed by atoms with van der Waals surface area (Å²) in [6.07, 6.45) is 2.52. The van der Waals surface area contributed by atoms with Crippen molar-refractivity contribution >= 4 is 25.5 Å². The summed E-state index contributed by atoms with van der Waals surface area (Å²) in [4.78, 5) is 23.0. The van der Waals surface area contributed by atoms with Crippen molar-refractivity contribution in [2.45, 2.75) is 19.9 Å². The predicted octanol–water partition coefficient (Wildman–Crippen LogP) is 2.60. The summed E-state index contributed by atoms with van der Waals surface area (Å²) in [5, 5.41) is 2.64. The molecule has 0 bridgehead atoms. The molecule has 0 aliphatic heterocycles. The number of esters is 2. The molecule has 0 amide bonds. The van der Waals surface area contributed by atoms with Gasteiger partial charge in [0.1, 0.15) is 12.4 Å². The van der Waals surface area contributed by atoms with E-state index in [-0.39, 0.29) is 24.5 Å². The standard InChI is InChI=1S/C18H26NO8P/c1-6-26-18(21)13(2)19-28(22,12-23-3)27-15-9-7-14(11-16(15)24-4)8-10-17(20)25-5/h7-11,13H,6,12H2,1-5H3,(H,19,22)/b10-8+/t13-,28?/m0/s1. The average Bonchev–Trinajstić information content (AvgIpc) is 2.66. The minimum Gasteiger partial charge on any atom is -0.493 e. The number of benzene rings is 1. The van der Waals surface area contributed by atoms with Gasteiger partial charge in [-0.25, -0.2) is 9.88 Å². The fourth-order valence-electron chi connectivity index (χ4n) is 2.13.